The fourth-order valence-electron chi connectivity index (χ4n) is 1.07. The zero-order valence-corrected chi connectivity index (χ0v) is 6.66. The average Bonchev–Trinajstić information content (AvgIpc) is 2.02. The van der Waals surface area contributed by atoms with Crippen molar-refractivity contribution in [3.05, 3.63) is 0 Å². The van der Waals surface area contributed by atoms with Gasteiger partial charge in [0.1, 0.15) is 18.8 Å². The molecule has 1 aliphatic rings. The van der Waals surface area contributed by atoms with E-state index in [1.165, 1.54) is 0 Å². The first-order valence-electron chi connectivity index (χ1n) is 3.63. The van der Waals surface area contributed by atoms with Crippen LogP contribution in [0.1, 0.15) is 0 Å². The molecule has 13 heavy (non-hydrogen) atoms. The Morgan fingerprint density at radius 3 is 2.23 bits per heavy atom. The van der Waals surface area contributed by atoms with Crippen LogP contribution in [0.3, 0.4) is 0 Å². The molecule has 2 atom stereocenters. The molecule has 0 aromatic carbocycles. The molecule has 0 spiro atoms. The van der Waals surface area contributed by atoms with Gasteiger partial charge >= 0.3 is 0 Å². The maximum atomic E-state index is 9.13. The van der Waals surface area contributed by atoms with E-state index in [1.807, 2.05) is 0 Å². The van der Waals surface area contributed by atoms with Gasteiger partial charge in [-0.25, -0.2) is 0 Å². The van der Waals surface area contributed by atoms with E-state index in [-0.39, 0.29) is 0 Å². The van der Waals surface area contributed by atoms with Crippen LogP contribution in [-0.2, 0) is 4.74 Å². The van der Waals surface area contributed by atoms with Crippen LogP contribution in [0.25, 0.3) is 0 Å². The predicted molar refractivity (Wildman–Crippen MR) is 37.2 cm³/mol. The average molecular weight is 196 g/mol. The topological polar surface area (TPSA) is 131 Å². The van der Waals surface area contributed by atoms with Crippen molar-refractivity contribution in [1.29, 1.82) is 0 Å². The lowest BCUT2D eigenvalue weighted by atomic mass is 9.93. The number of rotatable bonds is 1. The summed E-state index contributed by atoms with van der Waals surface area (Å²) in [5.41, 5.74) is 0. The quantitative estimate of drug-likeness (QED) is 0.236. The fraction of sp³-hybridized carbons (Fsp3) is 1.00. The lowest BCUT2D eigenvalue weighted by molar-refractivity contribution is -0.430. The van der Waals surface area contributed by atoms with Crippen LogP contribution in [0.5, 0.6) is 0 Å². The number of aliphatic hydroxyl groups excluding tert-OH is 2. The molecule has 78 valence electrons. The molecule has 1 saturated heterocycles. The van der Waals surface area contributed by atoms with Gasteiger partial charge < -0.3 is 35.4 Å². The van der Waals surface area contributed by atoms with Gasteiger partial charge in [0.05, 0.1) is 6.61 Å². The predicted octanol–water partition coefficient (Wildman–Crippen LogP) is -3.90. The van der Waals surface area contributed by atoms with Crippen LogP contribution in [0, 0.1) is 0 Å². The first-order chi connectivity index (χ1) is 5.83. The van der Waals surface area contributed by atoms with Crippen molar-refractivity contribution in [3.63, 3.8) is 0 Å². The van der Waals surface area contributed by atoms with Gasteiger partial charge in [-0.2, -0.15) is 0 Å². The number of hydrogen-bond acceptors (Lipinski definition) is 7. The van der Waals surface area contributed by atoms with Crippen LogP contribution in [0.15, 0.2) is 0 Å². The van der Waals surface area contributed by atoms with Crippen molar-refractivity contribution < 1.29 is 35.4 Å². The number of hydrogen-bond donors (Lipinski definition) is 6. The molecule has 2 unspecified atom stereocenters. The largest absolute Gasteiger partial charge is 0.394 e. The summed E-state index contributed by atoms with van der Waals surface area (Å²) >= 11 is 0. The van der Waals surface area contributed by atoms with E-state index in [0.717, 1.165) is 0 Å². The fourth-order valence-corrected chi connectivity index (χ4v) is 1.07. The van der Waals surface area contributed by atoms with E-state index in [4.69, 9.17) is 30.6 Å². The maximum absolute atomic E-state index is 9.13. The molecule has 0 bridgehead atoms. The normalized spacial score (nSPS) is 37.4. The molecule has 0 aromatic heterocycles. The van der Waals surface area contributed by atoms with Crippen molar-refractivity contribution in [3.8, 4) is 0 Å². The van der Waals surface area contributed by atoms with Crippen LogP contribution in [0.2, 0.25) is 0 Å². The summed E-state index contributed by atoms with van der Waals surface area (Å²) in [6, 6.07) is 0. The first-order valence-corrected chi connectivity index (χ1v) is 3.63. The van der Waals surface area contributed by atoms with Gasteiger partial charge in [-0.3, -0.25) is 0 Å². The molecule has 0 saturated carbocycles. The van der Waals surface area contributed by atoms with Crippen molar-refractivity contribution in [2.45, 2.75) is 23.8 Å². The minimum absolute atomic E-state index is 0.653. The molecular weight excluding hydrogens is 184 g/mol. The molecule has 7 nitrogen and oxygen atoms in total. The van der Waals surface area contributed by atoms with Gasteiger partial charge in [-0.05, 0) is 0 Å². The minimum atomic E-state index is -3.11. The van der Waals surface area contributed by atoms with Gasteiger partial charge in [0.25, 0.3) is 5.79 Å². The van der Waals surface area contributed by atoms with Crippen molar-refractivity contribution in [1.82, 2.24) is 0 Å². The van der Waals surface area contributed by atoms with Crippen LogP contribution in [-0.4, -0.2) is 67.6 Å². The second-order valence-corrected chi connectivity index (χ2v) is 3.02. The molecule has 6 N–H and O–H groups in total. The minimum Gasteiger partial charge on any atom is -0.394 e. The second-order valence-electron chi connectivity index (χ2n) is 3.02. The third-order valence-corrected chi connectivity index (χ3v) is 2.03. The lowest BCUT2D eigenvalue weighted by Gasteiger charge is -2.44. The number of ether oxygens (including phenoxy) is 1. The summed E-state index contributed by atoms with van der Waals surface area (Å²) < 4.78 is 4.57. The molecule has 0 aromatic rings. The summed E-state index contributed by atoms with van der Waals surface area (Å²) in [6.07, 6.45) is -3.23. The van der Waals surface area contributed by atoms with Crippen molar-refractivity contribution in [2.24, 2.45) is 0 Å². The molecule has 0 amide bonds. The van der Waals surface area contributed by atoms with Gasteiger partial charge in [0, 0.05) is 0 Å². The molecule has 0 radical (unpaired) electrons. The summed E-state index contributed by atoms with van der Waals surface area (Å²) in [5.74, 6) is -6.06. The van der Waals surface area contributed by atoms with Crippen LogP contribution >= 0.6 is 0 Å². The smallest absolute Gasteiger partial charge is 0.250 e. The van der Waals surface area contributed by atoms with Gasteiger partial charge in [0.2, 0.25) is 5.79 Å². The van der Waals surface area contributed by atoms with Crippen LogP contribution in [0.4, 0.5) is 0 Å². The summed E-state index contributed by atoms with van der Waals surface area (Å²) in [7, 11) is 0. The van der Waals surface area contributed by atoms with E-state index in [1.54, 1.807) is 0 Å². The molecule has 1 aliphatic heterocycles. The molecule has 1 rings (SSSR count). The number of aliphatic hydroxyl groups is 6. The summed E-state index contributed by atoms with van der Waals surface area (Å²) in [4.78, 5) is 0. The molecule has 1 heterocycles. The first kappa shape index (κ1) is 10.8. The zero-order valence-electron chi connectivity index (χ0n) is 6.66. The van der Waals surface area contributed by atoms with Crippen molar-refractivity contribution in [2.75, 3.05) is 13.2 Å². The molecular formula is C6H12O7. The van der Waals surface area contributed by atoms with E-state index in [0.29, 0.717) is 0 Å². The third kappa shape index (κ3) is 1.55. The lowest BCUT2D eigenvalue weighted by Crippen LogP contribution is -2.71. The molecule has 1 fully saturated rings. The molecule has 7 heteroatoms. The third-order valence-electron chi connectivity index (χ3n) is 2.03. The highest BCUT2D eigenvalue weighted by Gasteiger charge is 2.59. The van der Waals surface area contributed by atoms with E-state index in [9.17, 15) is 0 Å². The Kier molecular flexibility index (Phi) is 2.61. The Labute approximate surface area is 73.4 Å². The second kappa shape index (κ2) is 3.14. The van der Waals surface area contributed by atoms with E-state index < -0.39 is 37.0 Å². The highest BCUT2D eigenvalue weighted by atomic mass is 16.7. The Morgan fingerprint density at radius 1 is 1.23 bits per heavy atom. The Bertz CT molecular complexity index is 189. The zero-order chi connectivity index (χ0) is 10.3. The Hall–Kier alpha value is -0.280. The highest BCUT2D eigenvalue weighted by molar-refractivity contribution is 4.96. The maximum Gasteiger partial charge on any atom is 0.250 e. The highest BCUT2D eigenvalue weighted by Crippen LogP contribution is 2.29. The monoisotopic (exact) mass is 196 g/mol. The van der Waals surface area contributed by atoms with Crippen LogP contribution < -0.4 is 0 Å². The SMILES string of the molecule is OCC1OCC(O)(O)C(O)(O)C1O. The van der Waals surface area contributed by atoms with Gasteiger partial charge in [-0.15, -0.1) is 0 Å². The summed E-state index contributed by atoms with van der Waals surface area (Å²) in [5, 5.41) is 53.8. The van der Waals surface area contributed by atoms with Crippen molar-refractivity contribution >= 4 is 0 Å². The Morgan fingerprint density at radius 2 is 1.77 bits per heavy atom. The van der Waals surface area contributed by atoms with E-state index in [2.05, 4.69) is 4.74 Å². The standard InChI is InChI=1S/C6H12O7/c7-1-3-4(8)6(11,12)5(9,10)2-13-3/h3-4,7-12H,1-2H2. The van der Waals surface area contributed by atoms with E-state index >= 15 is 0 Å². The van der Waals surface area contributed by atoms with Gasteiger partial charge in [-0.1, -0.05) is 0 Å². The van der Waals surface area contributed by atoms with Gasteiger partial charge in [0.15, 0.2) is 0 Å². The Balaban J connectivity index is 2.86. The summed E-state index contributed by atoms with van der Waals surface area (Å²) in [6.45, 7) is -1.46. The molecule has 0 aliphatic carbocycles.